The molecule has 0 atom stereocenters. The Morgan fingerprint density at radius 3 is 0.975 bits per heavy atom. The topological polar surface area (TPSA) is 24.1 Å². The second-order valence-electron chi connectivity index (χ2n) is 11.7. The highest BCUT2D eigenvalue weighted by molar-refractivity contribution is 6.42. The monoisotopic (exact) mass is 528 g/mol. The molecule has 2 nitrogen and oxygen atoms in total. The van der Waals surface area contributed by atoms with Gasteiger partial charge in [-0.25, -0.2) is 0 Å². The largest absolute Gasteiger partial charge is 0.314 e. The Hall–Kier alpha value is -3.07. The molecule has 0 spiro atoms. The van der Waals surface area contributed by atoms with Crippen LogP contribution in [-0.2, 0) is 10.9 Å². The number of aryl methyl sites for hydroxylation is 4. The van der Waals surface area contributed by atoms with Gasteiger partial charge in [0.15, 0.2) is 14.6 Å². The van der Waals surface area contributed by atoms with E-state index in [4.69, 9.17) is 0 Å². The fourth-order valence-corrected chi connectivity index (χ4v) is 6.51. The summed E-state index contributed by atoms with van der Waals surface area (Å²) in [5.41, 5.74) is 10.3. The molecule has 0 radical (unpaired) electrons. The Balaban J connectivity index is 1.50. The van der Waals surface area contributed by atoms with Gasteiger partial charge in [-0.15, -0.1) is 0 Å². The molecule has 206 valence electrons. The van der Waals surface area contributed by atoms with Gasteiger partial charge in [0.2, 0.25) is 0 Å². The average Bonchev–Trinajstić information content (AvgIpc) is 2.95. The zero-order valence-corrected chi connectivity index (χ0v) is 25.5. The summed E-state index contributed by atoms with van der Waals surface area (Å²) in [4.78, 5) is 0. The highest BCUT2D eigenvalue weighted by Crippen LogP contribution is 2.33. The third kappa shape index (κ3) is 6.62. The second kappa shape index (κ2) is 13.5. The zero-order chi connectivity index (χ0) is 28.6. The third-order valence-corrected chi connectivity index (χ3v) is 8.75. The van der Waals surface area contributed by atoms with Crippen molar-refractivity contribution >= 4 is 14.6 Å². The zero-order valence-electron chi connectivity index (χ0n) is 25.5. The first-order valence-corrected chi connectivity index (χ1v) is 15.0. The van der Waals surface area contributed by atoms with Gasteiger partial charge in [-0.05, 0) is 64.0 Å². The van der Waals surface area contributed by atoms with Crippen LogP contribution in [0, 0.1) is 27.7 Å². The molecular formula is C36H46B2N2. The van der Waals surface area contributed by atoms with Crippen LogP contribution in [0.4, 0.5) is 0 Å². The van der Waals surface area contributed by atoms with Crippen molar-refractivity contribution in [1.29, 1.82) is 0 Å². The summed E-state index contributed by atoms with van der Waals surface area (Å²) in [6.45, 7) is 8.76. The predicted octanol–water partition coefficient (Wildman–Crippen LogP) is 6.95. The van der Waals surface area contributed by atoms with Crippen molar-refractivity contribution in [2.24, 2.45) is 0 Å². The lowest BCUT2D eigenvalue weighted by Gasteiger charge is -2.36. The average molecular weight is 528 g/mol. The quantitative estimate of drug-likeness (QED) is 0.145. The van der Waals surface area contributed by atoms with Crippen LogP contribution in [0.3, 0.4) is 0 Å². The standard InChI is InChI=1S/C36H46B2N2/c1-27-13-9-17-31(23-27)35(39-5,32-18-10-14-28(2)24-32)37-21-7-8-22-38-36(40-6,33-19-11-15-29(3)25-33)34-20-12-16-30(4)26-34/h9-20,23-26,37-40H,7-8,21-22H2,1-6H3. The predicted molar refractivity (Wildman–Crippen MR) is 178 cm³/mol. The van der Waals surface area contributed by atoms with Crippen LogP contribution in [0.1, 0.15) is 57.3 Å². The van der Waals surface area contributed by atoms with Gasteiger partial charge in [0, 0.05) is 10.9 Å². The van der Waals surface area contributed by atoms with Crippen LogP contribution in [0.2, 0.25) is 12.6 Å². The Bertz CT molecular complexity index is 1200. The maximum absolute atomic E-state index is 3.77. The lowest BCUT2D eigenvalue weighted by Crippen LogP contribution is -2.47. The summed E-state index contributed by atoms with van der Waals surface area (Å²) in [5.74, 6) is 0. The number of hydrogen-bond acceptors (Lipinski definition) is 2. The number of unbranched alkanes of at least 4 members (excludes halogenated alkanes) is 1. The SMILES string of the molecule is CNC(BCCCCBC(NC)(c1cccc(C)c1)c1cccc(C)c1)(c1cccc(C)c1)c1cccc(C)c1. The molecule has 0 saturated carbocycles. The fraction of sp³-hybridized carbons (Fsp3) is 0.333. The molecule has 4 heteroatoms. The maximum Gasteiger partial charge on any atom is 0.157 e. The summed E-state index contributed by atoms with van der Waals surface area (Å²) in [7, 11) is 6.39. The normalized spacial score (nSPS) is 11.8. The number of rotatable bonds is 13. The van der Waals surface area contributed by atoms with Crippen molar-refractivity contribution in [2.45, 2.75) is 64.1 Å². The summed E-state index contributed by atoms with van der Waals surface area (Å²) in [5, 5.41) is 7.54. The van der Waals surface area contributed by atoms with Crippen molar-refractivity contribution in [3.8, 4) is 0 Å². The smallest absolute Gasteiger partial charge is 0.157 e. The molecule has 0 aliphatic carbocycles. The Morgan fingerprint density at radius 1 is 0.475 bits per heavy atom. The van der Waals surface area contributed by atoms with E-state index in [2.05, 4.69) is 149 Å². The Labute approximate surface area is 244 Å². The first-order chi connectivity index (χ1) is 19.3. The Morgan fingerprint density at radius 2 is 0.750 bits per heavy atom. The molecule has 0 aliphatic rings. The molecule has 0 unspecified atom stereocenters. The van der Waals surface area contributed by atoms with Gasteiger partial charge in [-0.3, -0.25) is 0 Å². The van der Waals surface area contributed by atoms with Gasteiger partial charge >= 0.3 is 0 Å². The number of benzene rings is 4. The molecular weight excluding hydrogens is 482 g/mol. The maximum atomic E-state index is 3.77. The molecule has 4 aromatic rings. The molecule has 0 saturated heterocycles. The van der Waals surface area contributed by atoms with Gasteiger partial charge in [-0.1, -0.05) is 145 Å². The number of hydrogen-bond donors (Lipinski definition) is 2. The fourth-order valence-electron chi connectivity index (χ4n) is 6.51. The molecule has 4 aromatic carbocycles. The van der Waals surface area contributed by atoms with E-state index in [1.165, 1.54) is 70.0 Å². The molecule has 0 heterocycles. The molecule has 0 amide bonds. The summed E-state index contributed by atoms with van der Waals surface area (Å²) >= 11 is 0. The van der Waals surface area contributed by atoms with E-state index in [1.807, 2.05) is 0 Å². The summed E-state index contributed by atoms with van der Waals surface area (Å²) in [6, 6.07) is 36.1. The second-order valence-corrected chi connectivity index (χ2v) is 11.7. The molecule has 0 aliphatic heterocycles. The molecule has 2 N–H and O–H groups in total. The highest BCUT2D eigenvalue weighted by Gasteiger charge is 2.34. The van der Waals surface area contributed by atoms with Crippen LogP contribution >= 0.6 is 0 Å². The molecule has 4 rings (SSSR count). The van der Waals surface area contributed by atoms with Crippen molar-refractivity contribution in [3.05, 3.63) is 142 Å². The van der Waals surface area contributed by atoms with E-state index in [0.717, 1.165) is 14.6 Å². The minimum absolute atomic E-state index is 0.185. The number of nitrogens with one attached hydrogen (secondary N) is 2. The first kappa shape index (κ1) is 29.9. The molecule has 0 aromatic heterocycles. The third-order valence-electron chi connectivity index (χ3n) is 8.75. The highest BCUT2D eigenvalue weighted by atomic mass is 14.9. The van der Waals surface area contributed by atoms with Crippen molar-refractivity contribution in [1.82, 2.24) is 10.6 Å². The van der Waals surface area contributed by atoms with E-state index in [-0.39, 0.29) is 10.9 Å². The van der Waals surface area contributed by atoms with Crippen molar-refractivity contribution in [3.63, 3.8) is 0 Å². The van der Waals surface area contributed by atoms with E-state index < -0.39 is 0 Å². The van der Waals surface area contributed by atoms with Crippen LogP contribution in [0.25, 0.3) is 0 Å². The van der Waals surface area contributed by atoms with Gasteiger partial charge in [0.1, 0.15) is 0 Å². The van der Waals surface area contributed by atoms with E-state index in [0.29, 0.717) is 0 Å². The lowest BCUT2D eigenvalue weighted by atomic mass is 9.48. The van der Waals surface area contributed by atoms with Crippen molar-refractivity contribution in [2.75, 3.05) is 14.1 Å². The Kier molecular flexibility index (Phi) is 10.1. The molecule has 0 fully saturated rings. The van der Waals surface area contributed by atoms with Gasteiger partial charge in [0.25, 0.3) is 0 Å². The molecule has 0 bridgehead atoms. The van der Waals surface area contributed by atoms with Crippen LogP contribution < -0.4 is 10.6 Å². The van der Waals surface area contributed by atoms with E-state index in [9.17, 15) is 0 Å². The molecule has 40 heavy (non-hydrogen) atoms. The van der Waals surface area contributed by atoms with E-state index in [1.54, 1.807) is 0 Å². The van der Waals surface area contributed by atoms with Crippen molar-refractivity contribution < 1.29 is 0 Å². The van der Waals surface area contributed by atoms with Crippen LogP contribution in [0.15, 0.2) is 97.1 Å². The van der Waals surface area contributed by atoms with E-state index >= 15 is 0 Å². The van der Waals surface area contributed by atoms with Crippen LogP contribution in [-0.4, -0.2) is 28.7 Å². The van der Waals surface area contributed by atoms with Gasteiger partial charge in [-0.2, -0.15) is 0 Å². The summed E-state index contributed by atoms with van der Waals surface area (Å²) < 4.78 is 0. The minimum atomic E-state index is -0.185. The minimum Gasteiger partial charge on any atom is -0.314 e. The lowest BCUT2D eigenvalue weighted by molar-refractivity contribution is 0.595. The van der Waals surface area contributed by atoms with Gasteiger partial charge in [0.05, 0.1) is 0 Å². The summed E-state index contributed by atoms with van der Waals surface area (Å²) in [6.07, 6.45) is 4.76. The van der Waals surface area contributed by atoms with Gasteiger partial charge < -0.3 is 10.6 Å². The first-order valence-electron chi connectivity index (χ1n) is 15.0. The van der Waals surface area contributed by atoms with Crippen LogP contribution in [0.5, 0.6) is 0 Å².